The third-order valence-electron chi connectivity index (χ3n) is 4.01. The van der Waals surface area contributed by atoms with E-state index in [1.807, 2.05) is 24.3 Å². The molecule has 1 fully saturated rings. The van der Waals surface area contributed by atoms with Gasteiger partial charge in [-0.05, 0) is 30.7 Å². The van der Waals surface area contributed by atoms with E-state index >= 15 is 0 Å². The van der Waals surface area contributed by atoms with Crippen LogP contribution in [0.3, 0.4) is 0 Å². The number of hydrogen-bond acceptors (Lipinski definition) is 4. The van der Waals surface area contributed by atoms with Crippen LogP contribution < -0.4 is 0 Å². The highest BCUT2D eigenvalue weighted by atomic mass is 35.5. The number of rotatable bonds is 3. The molecule has 0 aliphatic carbocycles. The average Bonchev–Trinajstić information content (AvgIpc) is 2.52. The van der Waals surface area contributed by atoms with E-state index in [2.05, 4.69) is 16.8 Å². The van der Waals surface area contributed by atoms with E-state index < -0.39 is 0 Å². The van der Waals surface area contributed by atoms with Crippen molar-refractivity contribution in [1.82, 2.24) is 9.88 Å². The number of aromatic nitrogens is 1. The van der Waals surface area contributed by atoms with Gasteiger partial charge < -0.3 is 9.84 Å². The van der Waals surface area contributed by atoms with E-state index in [1.165, 1.54) is 0 Å². The Bertz CT molecular complexity index is 635. The number of aliphatic hydroxyl groups is 1. The van der Waals surface area contributed by atoms with Gasteiger partial charge in [0.2, 0.25) is 0 Å². The van der Waals surface area contributed by atoms with Gasteiger partial charge in [0, 0.05) is 35.7 Å². The molecule has 3 rings (SSSR count). The second-order valence-corrected chi connectivity index (χ2v) is 5.93. The van der Waals surface area contributed by atoms with Crippen LogP contribution >= 0.6 is 11.6 Å². The molecule has 4 nitrogen and oxygen atoms in total. The molecule has 1 saturated heterocycles. The van der Waals surface area contributed by atoms with Crippen molar-refractivity contribution in [2.24, 2.45) is 0 Å². The van der Waals surface area contributed by atoms with E-state index in [9.17, 15) is 5.11 Å². The van der Waals surface area contributed by atoms with Crippen LogP contribution in [-0.2, 0) is 11.3 Å². The number of pyridine rings is 1. The third kappa shape index (κ3) is 3.04. The van der Waals surface area contributed by atoms with Crippen LogP contribution in [0.4, 0.5) is 0 Å². The topological polar surface area (TPSA) is 45.6 Å². The molecule has 0 saturated carbocycles. The van der Waals surface area contributed by atoms with Crippen LogP contribution in [0.5, 0.6) is 0 Å². The van der Waals surface area contributed by atoms with Crippen LogP contribution in [0, 0.1) is 0 Å². The number of aliphatic hydroxyl groups excluding tert-OH is 1. The highest BCUT2D eigenvalue weighted by Crippen LogP contribution is 2.26. The standard InChI is InChI=1S/C16H19ClN2O2/c1-11-10-21-13(9-20)8-19(11)7-12-4-5-15(17)14-3-2-6-18-16(12)14/h2-6,11,13,20H,7-10H2,1H3. The Morgan fingerprint density at radius 3 is 3.10 bits per heavy atom. The van der Waals surface area contributed by atoms with Crippen molar-refractivity contribution in [3.63, 3.8) is 0 Å². The first-order chi connectivity index (χ1) is 10.2. The number of ether oxygens (including phenoxy) is 1. The second kappa shape index (κ2) is 6.28. The van der Waals surface area contributed by atoms with Crippen molar-refractivity contribution in [2.45, 2.75) is 25.6 Å². The Balaban J connectivity index is 1.89. The first-order valence-corrected chi connectivity index (χ1v) is 7.55. The lowest BCUT2D eigenvalue weighted by Crippen LogP contribution is -2.48. The lowest BCUT2D eigenvalue weighted by molar-refractivity contribution is -0.0804. The minimum atomic E-state index is -0.104. The summed E-state index contributed by atoms with van der Waals surface area (Å²) >= 11 is 6.24. The van der Waals surface area contributed by atoms with Crippen LogP contribution in [0.2, 0.25) is 5.02 Å². The highest BCUT2D eigenvalue weighted by molar-refractivity contribution is 6.35. The van der Waals surface area contributed by atoms with Crippen molar-refractivity contribution in [3.05, 3.63) is 41.0 Å². The van der Waals surface area contributed by atoms with Crippen LogP contribution in [0.25, 0.3) is 10.9 Å². The minimum absolute atomic E-state index is 0.0584. The van der Waals surface area contributed by atoms with Crippen molar-refractivity contribution < 1.29 is 9.84 Å². The van der Waals surface area contributed by atoms with Gasteiger partial charge in [0.1, 0.15) is 0 Å². The Morgan fingerprint density at radius 1 is 1.43 bits per heavy atom. The fraction of sp³-hybridized carbons (Fsp3) is 0.438. The summed E-state index contributed by atoms with van der Waals surface area (Å²) in [5, 5.41) is 11.0. The Morgan fingerprint density at radius 2 is 2.29 bits per heavy atom. The molecule has 1 N–H and O–H groups in total. The number of hydrogen-bond donors (Lipinski definition) is 1. The predicted octanol–water partition coefficient (Wildman–Crippen LogP) is 2.47. The summed E-state index contributed by atoms with van der Waals surface area (Å²) in [6.45, 7) is 4.35. The van der Waals surface area contributed by atoms with Gasteiger partial charge >= 0.3 is 0 Å². The summed E-state index contributed by atoms with van der Waals surface area (Å²) in [7, 11) is 0. The molecule has 1 aromatic heterocycles. The zero-order chi connectivity index (χ0) is 14.8. The van der Waals surface area contributed by atoms with Gasteiger partial charge in [0.15, 0.2) is 0 Å². The molecule has 2 unspecified atom stereocenters. The Hall–Kier alpha value is -1.20. The second-order valence-electron chi connectivity index (χ2n) is 5.52. The van der Waals surface area contributed by atoms with E-state index in [0.717, 1.165) is 34.6 Å². The minimum Gasteiger partial charge on any atom is -0.394 e. The maximum absolute atomic E-state index is 9.29. The molecule has 1 aromatic carbocycles. The van der Waals surface area contributed by atoms with E-state index in [1.54, 1.807) is 6.20 Å². The quantitative estimate of drug-likeness (QED) is 0.946. The molecule has 112 valence electrons. The number of nitrogens with zero attached hydrogens (tertiary/aromatic N) is 2. The summed E-state index contributed by atoms with van der Waals surface area (Å²) in [6.07, 6.45) is 1.69. The van der Waals surface area contributed by atoms with Gasteiger partial charge in [-0.1, -0.05) is 17.7 Å². The summed E-state index contributed by atoms with van der Waals surface area (Å²) in [5.74, 6) is 0. The summed E-state index contributed by atoms with van der Waals surface area (Å²) in [6, 6.07) is 8.18. The Labute approximate surface area is 129 Å². The molecule has 0 bridgehead atoms. The van der Waals surface area contributed by atoms with Gasteiger partial charge in [0.25, 0.3) is 0 Å². The molecule has 1 aliphatic heterocycles. The molecule has 5 heteroatoms. The first-order valence-electron chi connectivity index (χ1n) is 7.17. The molecular formula is C16H19ClN2O2. The summed E-state index contributed by atoms with van der Waals surface area (Å²) in [4.78, 5) is 6.80. The van der Waals surface area contributed by atoms with Gasteiger partial charge in [-0.25, -0.2) is 0 Å². The SMILES string of the molecule is CC1COC(CO)CN1Cc1ccc(Cl)c2cccnc12. The molecule has 0 amide bonds. The first kappa shape index (κ1) is 14.7. The normalized spacial score (nSPS) is 23.6. The largest absolute Gasteiger partial charge is 0.394 e. The van der Waals surface area contributed by atoms with Crippen LogP contribution in [-0.4, -0.2) is 46.9 Å². The molecule has 2 heterocycles. The molecule has 2 aromatic rings. The van der Waals surface area contributed by atoms with Crippen molar-refractivity contribution in [1.29, 1.82) is 0 Å². The highest BCUT2D eigenvalue weighted by Gasteiger charge is 2.26. The zero-order valence-electron chi connectivity index (χ0n) is 12.0. The van der Waals surface area contributed by atoms with Gasteiger partial charge in [-0.2, -0.15) is 0 Å². The van der Waals surface area contributed by atoms with Gasteiger partial charge in [0.05, 0.1) is 24.8 Å². The summed E-state index contributed by atoms with van der Waals surface area (Å²) < 4.78 is 5.59. The van der Waals surface area contributed by atoms with Crippen LogP contribution in [0.15, 0.2) is 30.5 Å². The molecule has 0 spiro atoms. The monoisotopic (exact) mass is 306 g/mol. The fourth-order valence-electron chi connectivity index (χ4n) is 2.75. The average molecular weight is 307 g/mol. The number of benzene rings is 1. The lowest BCUT2D eigenvalue weighted by atomic mass is 10.1. The number of morpholine rings is 1. The number of halogens is 1. The van der Waals surface area contributed by atoms with Crippen molar-refractivity contribution >= 4 is 22.5 Å². The predicted molar refractivity (Wildman–Crippen MR) is 83.5 cm³/mol. The smallest absolute Gasteiger partial charge is 0.0933 e. The molecule has 0 radical (unpaired) electrons. The molecular weight excluding hydrogens is 288 g/mol. The van der Waals surface area contributed by atoms with E-state index in [-0.39, 0.29) is 12.7 Å². The van der Waals surface area contributed by atoms with Gasteiger partial charge in [-0.3, -0.25) is 9.88 Å². The van der Waals surface area contributed by atoms with Crippen molar-refractivity contribution in [3.8, 4) is 0 Å². The van der Waals surface area contributed by atoms with E-state index in [4.69, 9.17) is 16.3 Å². The molecule has 2 atom stereocenters. The fourth-order valence-corrected chi connectivity index (χ4v) is 2.96. The summed E-state index contributed by atoms with van der Waals surface area (Å²) in [5.41, 5.74) is 2.10. The maximum atomic E-state index is 9.29. The maximum Gasteiger partial charge on any atom is 0.0933 e. The van der Waals surface area contributed by atoms with Crippen molar-refractivity contribution in [2.75, 3.05) is 19.8 Å². The zero-order valence-corrected chi connectivity index (χ0v) is 12.8. The molecule has 1 aliphatic rings. The van der Waals surface area contributed by atoms with Gasteiger partial charge in [-0.15, -0.1) is 0 Å². The third-order valence-corrected chi connectivity index (χ3v) is 4.34. The lowest BCUT2D eigenvalue weighted by Gasteiger charge is -2.37. The van der Waals surface area contributed by atoms with Crippen LogP contribution in [0.1, 0.15) is 12.5 Å². The molecule has 21 heavy (non-hydrogen) atoms. The van der Waals surface area contributed by atoms with E-state index in [0.29, 0.717) is 12.6 Å². The Kier molecular flexibility index (Phi) is 4.40. The number of fused-ring (bicyclic) bond motifs is 1.